The summed E-state index contributed by atoms with van der Waals surface area (Å²) in [5.41, 5.74) is 6.02. The molecule has 2 aliphatic carbocycles. The molecule has 332 valence electrons. The van der Waals surface area contributed by atoms with Gasteiger partial charge in [-0.25, -0.2) is 0 Å². The van der Waals surface area contributed by atoms with Gasteiger partial charge in [-0.2, -0.15) is 0 Å². The number of carbonyl (C=O) groups excluding carboxylic acids is 2. The second-order valence-corrected chi connectivity index (χ2v) is 13.5. The number of fused-ring (bicyclic) bond motifs is 6. The molecule has 4 aromatic rings. The molecule has 6 rings (SSSR count). The first-order chi connectivity index (χ1) is 27.9. The van der Waals surface area contributed by atoms with Gasteiger partial charge in [0.2, 0.25) is 34.2 Å². The molecule has 2 atom stereocenters. The molecule has 2 aliphatic rings. The van der Waals surface area contributed by atoms with E-state index in [1.807, 2.05) is 24.3 Å². The average Bonchev–Trinajstić information content (AvgIpc) is 3.60. The van der Waals surface area contributed by atoms with E-state index in [9.17, 15) is 19.2 Å². The van der Waals surface area contributed by atoms with Gasteiger partial charge < -0.3 is 65.0 Å². The van der Waals surface area contributed by atoms with Crippen LogP contribution in [0.5, 0.6) is 46.0 Å². The molecule has 0 fully saturated rings. The van der Waals surface area contributed by atoms with Gasteiger partial charge in [0.05, 0.1) is 69.0 Å². The Kier molecular flexibility index (Phi) is 18.4. The van der Waals surface area contributed by atoms with Crippen molar-refractivity contribution in [3.8, 4) is 68.2 Å². The molecular formula is C44H56N2O15. The van der Waals surface area contributed by atoms with Gasteiger partial charge in [-0.15, -0.1) is 0 Å². The van der Waals surface area contributed by atoms with Crippen molar-refractivity contribution in [3.63, 3.8) is 0 Å². The summed E-state index contributed by atoms with van der Waals surface area (Å²) in [6.45, 7) is 2.93. The molecule has 2 amide bonds. The maximum atomic E-state index is 12.6. The Labute approximate surface area is 353 Å². The molecule has 0 saturated carbocycles. The van der Waals surface area contributed by atoms with E-state index in [0.29, 0.717) is 71.3 Å². The van der Waals surface area contributed by atoms with E-state index in [2.05, 4.69) is 10.6 Å². The summed E-state index contributed by atoms with van der Waals surface area (Å²) < 4.78 is 44.0. The maximum Gasteiger partial charge on any atom is 0.220 e. The minimum atomic E-state index is -0.332. The maximum absolute atomic E-state index is 12.6. The van der Waals surface area contributed by atoms with Gasteiger partial charge >= 0.3 is 0 Å². The smallest absolute Gasteiger partial charge is 0.220 e. The molecule has 0 spiro atoms. The summed E-state index contributed by atoms with van der Waals surface area (Å²) in [4.78, 5) is 49.0. The molecular weight excluding hydrogens is 796 g/mol. The lowest BCUT2D eigenvalue weighted by Gasteiger charge is -2.19. The van der Waals surface area contributed by atoms with Crippen LogP contribution in [0.15, 0.2) is 58.1 Å². The largest absolute Gasteiger partial charge is 0.493 e. The van der Waals surface area contributed by atoms with Crippen LogP contribution in [0.1, 0.15) is 61.0 Å². The summed E-state index contributed by atoms with van der Waals surface area (Å²) in [5, 5.41) is 5.93. The van der Waals surface area contributed by atoms with Gasteiger partial charge in [0.1, 0.15) is 0 Å². The lowest BCUT2D eigenvalue weighted by atomic mass is 9.95. The minimum Gasteiger partial charge on any atom is -0.493 e. The number of hydrogen-bond acceptors (Lipinski definition) is 12. The molecule has 0 radical (unpaired) electrons. The zero-order valence-electron chi connectivity index (χ0n) is 36.0. The topological polar surface area (TPSA) is 261 Å². The Hall–Kier alpha value is -6.56. The normalized spacial score (nSPS) is 14.0. The molecule has 61 heavy (non-hydrogen) atoms. The Morgan fingerprint density at radius 1 is 0.475 bits per heavy atom. The van der Waals surface area contributed by atoms with Gasteiger partial charge in [0.15, 0.2) is 34.5 Å². The minimum absolute atomic E-state index is 0. The lowest BCUT2D eigenvalue weighted by Crippen LogP contribution is -2.26. The highest BCUT2D eigenvalue weighted by Gasteiger charge is 2.31. The van der Waals surface area contributed by atoms with Crippen LogP contribution in [0.25, 0.3) is 22.3 Å². The van der Waals surface area contributed by atoms with E-state index >= 15 is 0 Å². The van der Waals surface area contributed by atoms with Crippen LogP contribution in [-0.2, 0) is 22.4 Å². The molecule has 17 nitrogen and oxygen atoms in total. The summed E-state index contributed by atoms with van der Waals surface area (Å²) in [6.07, 6.45) is 2.54. The Balaban J connectivity index is 0.000000400. The van der Waals surface area contributed by atoms with Crippen LogP contribution >= 0.6 is 0 Å². The predicted molar refractivity (Wildman–Crippen MR) is 229 cm³/mol. The third-order valence-corrected chi connectivity index (χ3v) is 10.2. The lowest BCUT2D eigenvalue weighted by molar-refractivity contribution is -0.120. The molecule has 0 bridgehead atoms. The second kappa shape index (κ2) is 22.2. The quantitative estimate of drug-likeness (QED) is 0.233. The first kappa shape index (κ1) is 50.6. The zero-order chi connectivity index (χ0) is 42.3. The van der Waals surface area contributed by atoms with Crippen molar-refractivity contribution in [1.29, 1.82) is 0 Å². The zero-order valence-corrected chi connectivity index (χ0v) is 36.0. The number of benzene rings is 2. The Bertz CT molecular complexity index is 2170. The molecule has 0 aliphatic heterocycles. The summed E-state index contributed by atoms with van der Waals surface area (Å²) in [5.74, 6) is 3.21. The van der Waals surface area contributed by atoms with Crippen LogP contribution in [-0.4, -0.2) is 85.1 Å². The van der Waals surface area contributed by atoms with Crippen molar-refractivity contribution in [2.45, 2.75) is 51.6 Å². The van der Waals surface area contributed by atoms with Crippen LogP contribution < -0.4 is 59.4 Å². The number of nitrogens with one attached hydrogen (secondary N) is 2. The third-order valence-electron chi connectivity index (χ3n) is 10.2. The van der Waals surface area contributed by atoms with Crippen molar-refractivity contribution < 1.29 is 63.9 Å². The van der Waals surface area contributed by atoms with Gasteiger partial charge in [0, 0.05) is 25.0 Å². The number of rotatable bonds is 10. The Morgan fingerprint density at radius 3 is 1.08 bits per heavy atom. The van der Waals surface area contributed by atoms with Crippen LogP contribution in [0.3, 0.4) is 0 Å². The fraction of sp³-hybridized carbons (Fsp3) is 0.364. The summed E-state index contributed by atoms with van der Waals surface area (Å²) >= 11 is 0. The van der Waals surface area contributed by atoms with E-state index in [0.717, 1.165) is 33.4 Å². The summed E-state index contributed by atoms with van der Waals surface area (Å²) in [7, 11) is 12.3. The number of carbonyl (C=O) groups is 2. The first-order valence-corrected chi connectivity index (χ1v) is 18.5. The fourth-order valence-electron chi connectivity index (χ4n) is 7.72. The number of methoxy groups -OCH3 is 8. The van der Waals surface area contributed by atoms with E-state index in [-0.39, 0.29) is 62.7 Å². The molecule has 0 heterocycles. The van der Waals surface area contributed by atoms with Crippen LogP contribution in [0, 0.1) is 0 Å². The third kappa shape index (κ3) is 10.3. The van der Waals surface area contributed by atoms with Gasteiger partial charge in [-0.05, 0) is 95.5 Å². The number of ether oxygens (including phenoxy) is 8. The molecule has 17 heteroatoms. The van der Waals surface area contributed by atoms with Crippen molar-refractivity contribution in [3.05, 3.63) is 91.2 Å². The number of amides is 2. The molecule has 8 N–H and O–H groups in total. The standard InChI is InChI=1S/2C22H25NO6.3H2O/c2*1-12(24)23-16-8-6-13-10-19(27-3)21(28-4)22(29-5)20(13)14-7-9-18(26-2)17(25)11-15(14)16;;;/h2*7,9-11,16H,6,8H2,1-5H3,(H,23,24);3*1H2/t2*16-;;;/m00.../s1. The van der Waals surface area contributed by atoms with Crippen molar-refractivity contribution in [2.24, 2.45) is 0 Å². The van der Waals surface area contributed by atoms with Gasteiger partial charge in [-0.3, -0.25) is 19.2 Å². The SMILES string of the molecule is COc1cc2c(c(OC)c1OC)-c1ccc(OC)c(=O)cc1[C@@H](NC(C)=O)CC2.COc1cc2c(c(OC)c1OC)-c1ccc(OC)c(=O)cc1[C@@H](NC(C)=O)CC2.O.O.O. The highest BCUT2D eigenvalue weighted by Crippen LogP contribution is 2.51. The van der Waals surface area contributed by atoms with Crippen LogP contribution in [0.4, 0.5) is 0 Å². The molecule has 0 unspecified atom stereocenters. The highest BCUT2D eigenvalue weighted by atomic mass is 16.5. The number of hydrogen-bond donors (Lipinski definition) is 2. The second-order valence-electron chi connectivity index (χ2n) is 13.5. The van der Waals surface area contributed by atoms with E-state index in [1.165, 1.54) is 40.2 Å². The molecule has 0 saturated heterocycles. The van der Waals surface area contributed by atoms with E-state index < -0.39 is 0 Å². The summed E-state index contributed by atoms with van der Waals surface area (Å²) in [6, 6.07) is 13.1. The highest BCUT2D eigenvalue weighted by molar-refractivity contribution is 5.85. The van der Waals surface area contributed by atoms with E-state index in [1.54, 1.807) is 54.8 Å². The Morgan fingerprint density at radius 2 is 0.803 bits per heavy atom. The first-order valence-electron chi connectivity index (χ1n) is 18.5. The molecule has 0 aromatic heterocycles. The van der Waals surface area contributed by atoms with Crippen molar-refractivity contribution in [2.75, 3.05) is 56.9 Å². The van der Waals surface area contributed by atoms with Crippen LogP contribution in [0.2, 0.25) is 0 Å². The van der Waals surface area contributed by atoms with Crippen molar-refractivity contribution >= 4 is 11.8 Å². The van der Waals surface area contributed by atoms with Gasteiger partial charge in [0.25, 0.3) is 0 Å². The molecule has 4 aromatic carbocycles. The fourth-order valence-corrected chi connectivity index (χ4v) is 7.72. The average molecular weight is 853 g/mol. The number of aryl methyl sites for hydroxylation is 2. The predicted octanol–water partition coefficient (Wildman–Crippen LogP) is 3.27. The van der Waals surface area contributed by atoms with Gasteiger partial charge in [-0.1, -0.05) is 12.1 Å². The van der Waals surface area contributed by atoms with Crippen molar-refractivity contribution in [1.82, 2.24) is 10.6 Å². The monoisotopic (exact) mass is 852 g/mol. The van der Waals surface area contributed by atoms with E-state index in [4.69, 9.17) is 37.9 Å².